The van der Waals surface area contributed by atoms with E-state index in [0.717, 1.165) is 0 Å². The van der Waals surface area contributed by atoms with Gasteiger partial charge in [0, 0.05) is 17.6 Å². The van der Waals surface area contributed by atoms with E-state index in [1.54, 1.807) is 55.5 Å². The topological polar surface area (TPSA) is 136 Å². The van der Waals surface area contributed by atoms with E-state index in [2.05, 4.69) is 0 Å². The smallest absolute Gasteiger partial charge is 0.344 e. The van der Waals surface area contributed by atoms with Gasteiger partial charge in [-0.3, -0.25) is 4.79 Å². The van der Waals surface area contributed by atoms with Gasteiger partial charge in [-0.05, 0) is 66.6 Å². The Kier molecular flexibility index (Phi) is 9.53. The molecule has 1 aliphatic heterocycles. The third kappa shape index (κ3) is 6.57. The molecule has 0 saturated heterocycles. The summed E-state index contributed by atoms with van der Waals surface area (Å²) in [7, 11) is 4.32. The van der Waals surface area contributed by atoms with Crippen molar-refractivity contribution in [3.63, 3.8) is 0 Å². The van der Waals surface area contributed by atoms with Crippen molar-refractivity contribution in [2.24, 2.45) is 0 Å². The SMILES string of the molecule is CCOC(=O)COc1c(OC)cc(C/C(C(=O)c2ccc(OC)cc2)=C(\C(=O)O)c2ccc3c(c2)OCO3)cc1OC. The number of carbonyl (C=O) groups is 3. The molecule has 3 aromatic rings. The number of fused-ring (bicyclic) bond motifs is 1. The van der Waals surface area contributed by atoms with E-state index in [4.69, 9.17) is 33.2 Å². The first kappa shape index (κ1) is 29.8. The lowest BCUT2D eigenvalue weighted by atomic mass is 9.89. The number of esters is 1. The van der Waals surface area contributed by atoms with Crippen molar-refractivity contribution in [1.82, 2.24) is 0 Å². The summed E-state index contributed by atoms with van der Waals surface area (Å²) in [6.45, 7) is 1.50. The summed E-state index contributed by atoms with van der Waals surface area (Å²) in [6.07, 6.45) is -0.119. The molecule has 1 N–H and O–H groups in total. The Hall–Kier alpha value is -5.19. The molecule has 0 bridgehead atoms. The molecule has 1 aliphatic rings. The third-order valence-corrected chi connectivity index (χ3v) is 6.34. The summed E-state index contributed by atoms with van der Waals surface area (Å²) in [4.78, 5) is 38.6. The van der Waals surface area contributed by atoms with Crippen LogP contribution in [0.5, 0.6) is 34.5 Å². The number of hydrogen-bond donors (Lipinski definition) is 1. The van der Waals surface area contributed by atoms with E-state index in [1.165, 1.54) is 27.4 Å². The lowest BCUT2D eigenvalue weighted by Gasteiger charge is -2.18. The zero-order valence-corrected chi connectivity index (χ0v) is 23.6. The van der Waals surface area contributed by atoms with Gasteiger partial charge in [0.2, 0.25) is 12.5 Å². The van der Waals surface area contributed by atoms with Gasteiger partial charge in [-0.25, -0.2) is 9.59 Å². The normalized spacial score (nSPS) is 12.2. The van der Waals surface area contributed by atoms with E-state index in [9.17, 15) is 19.5 Å². The van der Waals surface area contributed by atoms with Crippen LogP contribution < -0.4 is 28.4 Å². The second-order valence-electron chi connectivity index (χ2n) is 8.88. The number of carboxylic acid groups (broad SMARTS) is 1. The lowest BCUT2D eigenvalue weighted by molar-refractivity contribution is -0.145. The molecule has 0 amide bonds. The summed E-state index contributed by atoms with van der Waals surface area (Å²) in [5.74, 6) is -0.427. The fourth-order valence-corrected chi connectivity index (χ4v) is 4.39. The Morgan fingerprint density at radius 3 is 2.07 bits per heavy atom. The highest BCUT2D eigenvalue weighted by Crippen LogP contribution is 2.41. The minimum atomic E-state index is -1.31. The fraction of sp³-hybridized carbons (Fsp3) is 0.258. The number of hydrogen-bond acceptors (Lipinski definition) is 10. The molecule has 11 nitrogen and oxygen atoms in total. The summed E-state index contributed by atoms with van der Waals surface area (Å²) in [5.41, 5.74) is 0.796. The molecule has 4 rings (SSSR count). The van der Waals surface area contributed by atoms with Crippen LogP contribution in [0.25, 0.3) is 5.57 Å². The zero-order valence-electron chi connectivity index (χ0n) is 23.6. The maximum absolute atomic E-state index is 14.0. The molecule has 0 atom stereocenters. The Balaban J connectivity index is 1.83. The first-order valence-electron chi connectivity index (χ1n) is 12.9. The Morgan fingerprint density at radius 1 is 0.833 bits per heavy atom. The van der Waals surface area contributed by atoms with Gasteiger partial charge in [0.05, 0.1) is 33.5 Å². The largest absolute Gasteiger partial charge is 0.497 e. The zero-order chi connectivity index (χ0) is 30.2. The highest BCUT2D eigenvalue weighted by molar-refractivity contribution is 6.26. The van der Waals surface area contributed by atoms with E-state index in [-0.39, 0.29) is 65.9 Å². The molecule has 42 heavy (non-hydrogen) atoms. The second-order valence-corrected chi connectivity index (χ2v) is 8.88. The highest BCUT2D eigenvalue weighted by atomic mass is 16.7. The number of ketones is 1. The number of carboxylic acids is 1. The van der Waals surface area contributed by atoms with Crippen molar-refractivity contribution in [1.29, 1.82) is 0 Å². The van der Waals surface area contributed by atoms with Crippen molar-refractivity contribution in [3.05, 3.63) is 76.9 Å². The summed E-state index contributed by atoms with van der Waals surface area (Å²) in [5, 5.41) is 10.4. The van der Waals surface area contributed by atoms with E-state index in [0.29, 0.717) is 22.8 Å². The van der Waals surface area contributed by atoms with Crippen molar-refractivity contribution in [2.45, 2.75) is 13.3 Å². The van der Waals surface area contributed by atoms with Crippen LogP contribution in [0.2, 0.25) is 0 Å². The molecular weight excluding hydrogens is 548 g/mol. The number of Topliss-reactive ketones (excluding diaryl/α,β-unsaturated/α-hetero) is 1. The number of ether oxygens (including phenoxy) is 7. The van der Waals surface area contributed by atoms with Gasteiger partial charge in [0.1, 0.15) is 5.75 Å². The standard InChI is InChI=1S/C31H30O11/c1-5-39-27(32)16-40-30-25(37-3)13-18(14-26(30)38-4)12-22(29(33)19-6-9-21(36-2)10-7-19)28(31(34)35)20-8-11-23-24(15-20)42-17-41-23/h6-11,13-15H,5,12,16-17H2,1-4H3,(H,34,35)/b28-22+. The monoisotopic (exact) mass is 578 g/mol. The molecule has 0 saturated carbocycles. The first-order chi connectivity index (χ1) is 20.3. The molecule has 0 unspecified atom stereocenters. The summed E-state index contributed by atoms with van der Waals surface area (Å²) >= 11 is 0. The number of carbonyl (C=O) groups excluding carboxylic acids is 2. The minimum absolute atomic E-state index is 0.00386. The molecule has 220 valence electrons. The van der Waals surface area contributed by atoms with Crippen LogP contribution in [0, 0.1) is 0 Å². The number of aliphatic carboxylic acids is 1. The van der Waals surface area contributed by atoms with Gasteiger partial charge >= 0.3 is 11.9 Å². The van der Waals surface area contributed by atoms with Crippen LogP contribution in [0.3, 0.4) is 0 Å². The first-order valence-corrected chi connectivity index (χ1v) is 12.9. The van der Waals surface area contributed by atoms with E-state index in [1.807, 2.05) is 0 Å². The molecule has 11 heteroatoms. The Labute approximate surface area is 242 Å². The minimum Gasteiger partial charge on any atom is -0.497 e. The van der Waals surface area contributed by atoms with Crippen molar-refractivity contribution in [2.75, 3.05) is 41.3 Å². The molecule has 0 aliphatic carbocycles. The molecule has 0 spiro atoms. The summed E-state index contributed by atoms with van der Waals surface area (Å²) < 4.78 is 37.6. The molecule has 1 heterocycles. The summed E-state index contributed by atoms with van der Waals surface area (Å²) in [6, 6.07) is 14.2. The van der Waals surface area contributed by atoms with Crippen LogP contribution in [0.1, 0.15) is 28.4 Å². The van der Waals surface area contributed by atoms with Crippen molar-refractivity contribution < 1.29 is 52.6 Å². The van der Waals surface area contributed by atoms with Crippen LogP contribution in [-0.2, 0) is 20.7 Å². The number of rotatable bonds is 13. The van der Waals surface area contributed by atoms with Crippen LogP contribution >= 0.6 is 0 Å². The molecule has 0 radical (unpaired) electrons. The van der Waals surface area contributed by atoms with Gasteiger partial charge in [-0.2, -0.15) is 0 Å². The highest BCUT2D eigenvalue weighted by Gasteiger charge is 2.27. The van der Waals surface area contributed by atoms with Crippen molar-refractivity contribution in [3.8, 4) is 34.5 Å². The van der Waals surface area contributed by atoms with Crippen LogP contribution in [-0.4, -0.2) is 64.2 Å². The van der Waals surface area contributed by atoms with E-state index >= 15 is 0 Å². The number of methoxy groups -OCH3 is 3. The predicted molar refractivity (Wildman–Crippen MR) is 150 cm³/mol. The third-order valence-electron chi connectivity index (χ3n) is 6.34. The predicted octanol–water partition coefficient (Wildman–Crippen LogP) is 4.35. The number of benzene rings is 3. The Morgan fingerprint density at radius 2 is 1.48 bits per heavy atom. The quantitative estimate of drug-likeness (QED) is 0.176. The van der Waals surface area contributed by atoms with Gasteiger partial charge in [-0.15, -0.1) is 0 Å². The van der Waals surface area contributed by atoms with Gasteiger partial charge < -0.3 is 38.3 Å². The average molecular weight is 579 g/mol. The van der Waals surface area contributed by atoms with Crippen molar-refractivity contribution >= 4 is 23.3 Å². The molecular formula is C31H30O11. The van der Waals surface area contributed by atoms with Gasteiger partial charge in [-0.1, -0.05) is 6.07 Å². The Bertz CT molecular complexity index is 1480. The van der Waals surface area contributed by atoms with E-state index < -0.39 is 17.7 Å². The maximum atomic E-state index is 14.0. The maximum Gasteiger partial charge on any atom is 0.344 e. The van der Waals surface area contributed by atoms with Crippen LogP contribution in [0.4, 0.5) is 0 Å². The molecule has 3 aromatic carbocycles. The van der Waals surface area contributed by atoms with Crippen LogP contribution in [0.15, 0.2) is 60.2 Å². The second kappa shape index (κ2) is 13.4. The average Bonchev–Trinajstić information content (AvgIpc) is 3.47. The van der Waals surface area contributed by atoms with Gasteiger partial charge in [0.25, 0.3) is 0 Å². The fourth-order valence-electron chi connectivity index (χ4n) is 4.39. The number of allylic oxidation sites excluding steroid dienone is 1. The van der Waals surface area contributed by atoms with Gasteiger partial charge in [0.15, 0.2) is 35.4 Å². The molecule has 0 fully saturated rings. The lowest BCUT2D eigenvalue weighted by Crippen LogP contribution is -2.16. The molecule has 0 aromatic heterocycles.